The second-order valence-corrected chi connectivity index (χ2v) is 7.56. The lowest BCUT2D eigenvalue weighted by atomic mass is 9.93. The van der Waals surface area contributed by atoms with Crippen molar-refractivity contribution in [3.63, 3.8) is 0 Å². The van der Waals surface area contributed by atoms with Gasteiger partial charge >= 0.3 is 24.2 Å². The molecule has 2 fully saturated rings. The van der Waals surface area contributed by atoms with Gasteiger partial charge in [0.25, 0.3) is 6.17 Å². The lowest BCUT2D eigenvalue weighted by Crippen LogP contribution is -2.62. The Morgan fingerprint density at radius 3 is 1.74 bits per heavy atom. The van der Waals surface area contributed by atoms with Crippen molar-refractivity contribution < 1.29 is 62.2 Å². The molecule has 0 radical (unpaired) electrons. The summed E-state index contributed by atoms with van der Waals surface area (Å²) in [6.07, 6.45) is -30.9. The second kappa shape index (κ2) is 8.76. The highest BCUT2D eigenvalue weighted by atomic mass is 19.4. The number of morpholine rings is 1. The predicted octanol–water partition coefficient (Wildman–Crippen LogP) is 5.04. The molecular formula is C16H19F12NO2. The second-order valence-electron chi connectivity index (χ2n) is 7.56. The van der Waals surface area contributed by atoms with Crippen LogP contribution in [0.5, 0.6) is 0 Å². The van der Waals surface area contributed by atoms with Gasteiger partial charge in [0.2, 0.25) is 6.30 Å². The first-order valence-corrected chi connectivity index (χ1v) is 9.10. The monoisotopic (exact) mass is 485 g/mol. The fourth-order valence-electron chi connectivity index (χ4n) is 3.52. The Balaban J connectivity index is 2.17. The fraction of sp³-hybridized carbons (Fsp3) is 1.00. The molecule has 2 saturated heterocycles. The van der Waals surface area contributed by atoms with Crippen molar-refractivity contribution >= 4 is 0 Å². The van der Waals surface area contributed by atoms with Gasteiger partial charge in [0.1, 0.15) is 12.2 Å². The number of ether oxygens (including phenoxy) is 2. The minimum atomic E-state index is -6.00. The number of nitrogens with zero attached hydrogens (tertiary/aromatic N) is 1. The Hall–Kier alpha value is -0.960. The number of hydrogen-bond acceptors (Lipinski definition) is 3. The Morgan fingerprint density at radius 2 is 1.26 bits per heavy atom. The third kappa shape index (κ3) is 5.70. The van der Waals surface area contributed by atoms with Crippen LogP contribution >= 0.6 is 0 Å². The van der Waals surface area contributed by atoms with Crippen LogP contribution < -0.4 is 0 Å². The van der Waals surface area contributed by atoms with E-state index in [1.807, 2.05) is 0 Å². The van der Waals surface area contributed by atoms with Crippen molar-refractivity contribution in [2.24, 2.45) is 0 Å². The summed E-state index contributed by atoms with van der Waals surface area (Å²) in [6.45, 7) is -0.949. The van der Waals surface area contributed by atoms with E-state index in [0.717, 1.165) is 6.92 Å². The molecule has 15 heteroatoms. The normalized spacial score (nSPS) is 32.0. The van der Waals surface area contributed by atoms with E-state index < -0.39 is 93.4 Å². The van der Waals surface area contributed by atoms with E-state index in [-0.39, 0.29) is 4.90 Å². The predicted molar refractivity (Wildman–Crippen MR) is 80.2 cm³/mol. The molecule has 0 saturated carbocycles. The molecule has 184 valence electrons. The molecule has 0 aromatic carbocycles. The van der Waals surface area contributed by atoms with E-state index in [9.17, 15) is 52.7 Å². The lowest BCUT2D eigenvalue weighted by molar-refractivity contribution is -0.310. The molecule has 6 atom stereocenters. The number of alkyl halides is 12. The molecule has 2 aliphatic heterocycles. The van der Waals surface area contributed by atoms with Gasteiger partial charge in [0, 0.05) is 13.1 Å². The molecule has 0 aromatic rings. The molecule has 0 bridgehead atoms. The summed E-state index contributed by atoms with van der Waals surface area (Å²) in [6, 6.07) is 0. The van der Waals surface area contributed by atoms with Crippen molar-refractivity contribution in [3.8, 4) is 0 Å². The van der Waals surface area contributed by atoms with E-state index in [1.54, 1.807) is 0 Å². The average molecular weight is 485 g/mol. The molecule has 3 nitrogen and oxygen atoms in total. The van der Waals surface area contributed by atoms with Crippen LogP contribution in [0.4, 0.5) is 52.7 Å². The molecule has 0 spiro atoms. The smallest absolute Gasteiger partial charge is 0.363 e. The Labute approximate surface area is 168 Å². The highest BCUT2D eigenvalue weighted by molar-refractivity contribution is 4.97. The van der Waals surface area contributed by atoms with E-state index in [1.165, 1.54) is 0 Å². The summed E-state index contributed by atoms with van der Waals surface area (Å²) in [7, 11) is 0. The highest BCUT2D eigenvalue weighted by Crippen LogP contribution is 2.45. The van der Waals surface area contributed by atoms with Gasteiger partial charge in [-0.3, -0.25) is 4.90 Å². The fourth-order valence-corrected chi connectivity index (χ4v) is 3.52. The summed E-state index contributed by atoms with van der Waals surface area (Å²) < 4.78 is 169. The summed E-state index contributed by atoms with van der Waals surface area (Å²) in [4.78, 5) is 0.102. The Morgan fingerprint density at radius 1 is 0.742 bits per heavy atom. The Bertz CT molecular complexity index is 610. The maximum Gasteiger partial charge on any atom is 0.425 e. The van der Waals surface area contributed by atoms with E-state index in [2.05, 4.69) is 9.47 Å². The van der Waals surface area contributed by atoms with Crippen molar-refractivity contribution in [2.75, 3.05) is 13.1 Å². The minimum Gasteiger partial charge on any atom is -0.363 e. The van der Waals surface area contributed by atoms with Crippen LogP contribution in [-0.2, 0) is 9.47 Å². The standard InChI is InChI=1S/C16H19F12NO2/c1-7-5-29(6-10(30-7)15(23,24)25)12(18)14(21,22)9-4-2-3-8(31-9)13(19,20)11(17)16(26,27)28/h7-12H,2-6H2,1H3. The molecule has 0 amide bonds. The summed E-state index contributed by atoms with van der Waals surface area (Å²) in [5.74, 6) is -9.90. The third-order valence-corrected chi connectivity index (χ3v) is 5.04. The number of hydrogen-bond donors (Lipinski definition) is 0. The van der Waals surface area contributed by atoms with Gasteiger partial charge in [0.05, 0.1) is 6.10 Å². The maximum absolute atomic E-state index is 14.6. The van der Waals surface area contributed by atoms with Crippen molar-refractivity contribution in [3.05, 3.63) is 0 Å². The highest BCUT2D eigenvalue weighted by Gasteiger charge is 2.64. The van der Waals surface area contributed by atoms with E-state index in [0.29, 0.717) is 0 Å². The van der Waals surface area contributed by atoms with Gasteiger partial charge in [-0.2, -0.15) is 35.1 Å². The topological polar surface area (TPSA) is 21.7 Å². The van der Waals surface area contributed by atoms with Crippen LogP contribution in [0, 0.1) is 0 Å². The largest absolute Gasteiger partial charge is 0.425 e. The molecule has 2 rings (SSSR count). The first-order chi connectivity index (χ1) is 13.9. The van der Waals surface area contributed by atoms with Crippen LogP contribution in [-0.4, -0.2) is 79.1 Å². The first-order valence-electron chi connectivity index (χ1n) is 9.10. The molecule has 0 N–H and O–H groups in total. The summed E-state index contributed by atoms with van der Waals surface area (Å²) in [5, 5.41) is 0. The van der Waals surface area contributed by atoms with Crippen LogP contribution in [0.1, 0.15) is 26.2 Å². The van der Waals surface area contributed by atoms with Crippen molar-refractivity contribution in [2.45, 2.75) is 87.3 Å². The SMILES string of the molecule is CC1CN(C(F)C(F)(F)C2CCCC(C(F)(F)C(F)C(F)(F)F)O2)CC(C(F)(F)F)O1. The molecule has 0 aromatic heterocycles. The number of halogens is 12. The zero-order valence-electron chi connectivity index (χ0n) is 15.8. The first kappa shape index (κ1) is 26.3. The van der Waals surface area contributed by atoms with Gasteiger partial charge in [-0.1, -0.05) is 0 Å². The van der Waals surface area contributed by atoms with E-state index >= 15 is 0 Å². The zero-order valence-corrected chi connectivity index (χ0v) is 15.8. The van der Waals surface area contributed by atoms with Crippen LogP contribution in [0.2, 0.25) is 0 Å². The quantitative estimate of drug-likeness (QED) is 0.403. The Kier molecular flexibility index (Phi) is 7.43. The van der Waals surface area contributed by atoms with Gasteiger partial charge in [0.15, 0.2) is 6.10 Å². The van der Waals surface area contributed by atoms with Crippen molar-refractivity contribution in [1.29, 1.82) is 0 Å². The third-order valence-electron chi connectivity index (χ3n) is 5.04. The van der Waals surface area contributed by atoms with Crippen LogP contribution in [0.3, 0.4) is 0 Å². The maximum atomic E-state index is 14.6. The molecule has 31 heavy (non-hydrogen) atoms. The van der Waals surface area contributed by atoms with Gasteiger partial charge in [-0.05, 0) is 26.2 Å². The lowest BCUT2D eigenvalue weighted by Gasteiger charge is -2.44. The van der Waals surface area contributed by atoms with Gasteiger partial charge < -0.3 is 9.47 Å². The van der Waals surface area contributed by atoms with Crippen LogP contribution in [0.15, 0.2) is 0 Å². The summed E-state index contributed by atoms with van der Waals surface area (Å²) >= 11 is 0. The zero-order chi connectivity index (χ0) is 24.0. The molecule has 2 heterocycles. The van der Waals surface area contributed by atoms with E-state index in [4.69, 9.17) is 0 Å². The summed E-state index contributed by atoms with van der Waals surface area (Å²) in [5.41, 5.74) is 0. The van der Waals surface area contributed by atoms with Crippen LogP contribution in [0.25, 0.3) is 0 Å². The minimum absolute atomic E-state index is 0.102. The molecule has 6 unspecified atom stereocenters. The molecule has 2 aliphatic rings. The van der Waals surface area contributed by atoms with Gasteiger partial charge in [-0.25, -0.2) is 17.6 Å². The van der Waals surface area contributed by atoms with Crippen molar-refractivity contribution in [1.82, 2.24) is 4.90 Å². The molecule has 0 aliphatic carbocycles. The average Bonchev–Trinajstić information content (AvgIpc) is 2.64. The molecular weight excluding hydrogens is 466 g/mol. The number of rotatable bonds is 5. The van der Waals surface area contributed by atoms with Gasteiger partial charge in [-0.15, -0.1) is 0 Å².